The summed E-state index contributed by atoms with van der Waals surface area (Å²) in [4.78, 5) is 12.6. The summed E-state index contributed by atoms with van der Waals surface area (Å²) in [7, 11) is -3.64. The normalized spacial score (nSPS) is 11.6. The van der Waals surface area contributed by atoms with E-state index in [1.165, 1.54) is 22.5 Å². The maximum absolute atomic E-state index is 12.7. The number of nitrogens with zero attached hydrogens (tertiary/aromatic N) is 3. The maximum atomic E-state index is 12.7. The first-order valence-electron chi connectivity index (χ1n) is 10.0. The summed E-state index contributed by atoms with van der Waals surface area (Å²) in [6, 6.07) is 14.0. The van der Waals surface area contributed by atoms with Crippen LogP contribution in [0.1, 0.15) is 25.8 Å². The van der Waals surface area contributed by atoms with Crippen molar-refractivity contribution < 1.29 is 13.2 Å². The van der Waals surface area contributed by atoms with Crippen molar-refractivity contribution in [1.82, 2.24) is 14.1 Å². The van der Waals surface area contributed by atoms with E-state index in [9.17, 15) is 13.2 Å². The van der Waals surface area contributed by atoms with Gasteiger partial charge in [0.05, 0.1) is 27.5 Å². The molecule has 1 heterocycles. The van der Waals surface area contributed by atoms with Crippen LogP contribution in [0.5, 0.6) is 0 Å². The summed E-state index contributed by atoms with van der Waals surface area (Å²) in [6.45, 7) is 4.28. The second kappa shape index (κ2) is 10.1. The number of para-hydroxylation sites is 1. The molecule has 1 N–H and O–H groups in total. The first-order valence-corrected chi connectivity index (χ1v) is 11.9. The third-order valence-electron chi connectivity index (χ3n) is 4.85. The molecule has 0 unspecified atom stereocenters. The lowest BCUT2D eigenvalue weighted by Gasteiger charge is -2.19. The molecular formula is C22H25ClN4O3S. The van der Waals surface area contributed by atoms with Crippen molar-refractivity contribution in [2.45, 2.75) is 31.6 Å². The molecule has 0 saturated carbocycles. The van der Waals surface area contributed by atoms with Gasteiger partial charge in [0, 0.05) is 25.7 Å². The molecule has 0 fully saturated rings. The molecule has 0 aliphatic heterocycles. The second-order valence-corrected chi connectivity index (χ2v) is 9.25. The number of aromatic nitrogens is 2. The number of nitrogens with one attached hydrogen (secondary N) is 1. The molecule has 9 heteroatoms. The lowest BCUT2D eigenvalue weighted by molar-refractivity contribution is -0.116. The molecule has 2 aromatic carbocycles. The summed E-state index contributed by atoms with van der Waals surface area (Å²) in [5.41, 5.74) is 2.14. The summed E-state index contributed by atoms with van der Waals surface area (Å²) in [5, 5.41) is 7.33. The molecule has 0 aliphatic rings. The van der Waals surface area contributed by atoms with E-state index in [1.54, 1.807) is 24.7 Å². The third kappa shape index (κ3) is 5.52. The quantitative estimate of drug-likeness (QED) is 0.520. The maximum Gasteiger partial charge on any atom is 0.243 e. The van der Waals surface area contributed by atoms with Gasteiger partial charge in [0.1, 0.15) is 0 Å². The van der Waals surface area contributed by atoms with Crippen LogP contribution in [0.15, 0.2) is 65.8 Å². The zero-order valence-electron chi connectivity index (χ0n) is 17.5. The zero-order valence-corrected chi connectivity index (χ0v) is 19.0. The van der Waals surface area contributed by atoms with Crippen molar-refractivity contribution in [3.8, 4) is 5.69 Å². The topological polar surface area (TPSA) is 84.3 Å². The minimum atomic E-state index is -3.64. The molecule has 1 amide bonds. The molecule has 3 rings (SSSR count). The molecule has 7 nitrogen and oxygen atoms in total. The van der Waals surface area contributed by atoms with E-state index < -0.39 is 10.0 Å². The van der Waals surface area contributed by atoms with Crippen molar-refractivity contribution >= 4 is 33.2 Å². The fraction of sp³-hybridized carbons (Fsp3) is 0.273. The Kier molecular flexibility index (Phi) is 7.48. The summed E-state index contributed by atoms with van der Waals surface area (Å²) < 4.78 is 28.6. The first-order chi connectivity index (χ1) is 14.8. The highest BCUT2D eigenvalue weighted by molar-refractivity contribution is 7.89. The Morgan fingerprint density at radius 1 is 1.13 bits per heavy atom. The van der Waals surface area contributed by atoms with Gasteiger partial charge < -0.3 is 5.32 Å². The van der Waals surface area contributed by atoms with Gasteiger partial charge in [-0.05, 0) is 42.3 Å². The Labute approximate surface area is 187 Å². The highest BCUT2D eigenvalue weighted by Gasteiger charge is 2.22. The van der Waals surface area contributed by atoms with E-state index in [2.05, 4.69) is 10.4 Å². The molecule has 0 saturated heterocycles. The van der Waals surface area contributed by atoms with Gasteiger partial charge in [-0.25, -0.2) is 13.1 Å². The molecule has 0 bridgehead atoms. The van der Waals surface area contributed by atoms with Crippen LogP contribution >= 0.6 is 11.6 Å². The lowest BCUT2D eigenvalue weighted by Crippen LogP contribution is -2.30. The Morgan fingerprint density at radius 3 is 2.52 bits per heavy atom. The Hall–Kier alpha value is -2.68. The van der Waals surface area contributed by atoms with Crippen LogP contribution in [0.25, 0.3) is 5.69 Å². The molecule has 31 heavy (non-hydrogen) atoms. The van der Waals surface area contributed by atoms with Gasteiger partial charge >= 0.3 is 0 Å². The van der Waals surface area contributed by atoms with Crippen LogP contribution in [-0.2, 0) is 21.2 Å². The largest absolute Gasteiger partial charge is 0.325 e. The SMILES string of the molecule is CCN(CC)S(=O)(=O)c1ccc(Cl)c(NC(=O)CCc2cnn(-c3ccccc3)c2)c1. The highest BCUT2D eigenvalue weighted by atomic mass is 35.5. The van der Waals surface area contributed by atoms with Gasteiger partial charge in [-0.15, -0.1) is 0 Å². The van der Waals surface area contributed by atoms with Gasteiger partial charge in [-0.2, -0.15) is 9.40 Å². The second-order valence-electron chi connectivity index (χ2n) is 6.91. The molecule has 3 aromatic rings. The average molecular weight is 461 g/mol. The number of rotatable bonds is 9. The van der Waals surface area contributed by atoms with E-state index in [0.717, 1.165) is 11.3 Å². The van der Waals surface area contributed by atoms with Crippen molar-refractivity contribution in [3.63, 3.8) is 0 Å². The molecular weight excluding hydrogens is 436 g/mol. The molecule has 1 aromatic heterocycles. The van der Waals surface area contributed by atoms with Crippen molar-refractivity contribution in [3.05, 3.63) is 71.5 Å². The lowest BCUT2D eigenvalue weighted by atomic mass is 10.2. The number of anilines is 1. The minimum absolute atomic E-state index is 0.0973. The molecule has 164 valence electrons. The number of carbonyl (C=O) groups is 1. The van der Waals surface area contributed by atoms with Crippen LogP contribution in [0.4, 0.5) is 5.69 Å². The standard InChI is InChI=1S/C22H25ClN4O3S/c1-3-26(4-2)31(29,30)19-11-12-20(23)21(14-19)25-22(28)13-10-17-15-24-27(16-17)18-8-6-5-7-9-18/h5-9,11-12,14-16H,3-4,10,13H2,1-2H3,(H,25,28). The number of aryl methyl sites for hydroxylation is 1. The number of halogens is 1. The smallest absolute Gasteiger partial charge is 0.243 e. The van der Waals surface area contributed by atoms with Gasteiger partial charge in [0.15, 0.2) is 0 Å². The number of carbonyl (C=O) groups excluding carboxylic acids is 1. The minimum Gasteiger partial charge on any atom is -0.325 e. The number of amides is 1. The fourth-order valence-corrected chi connectivity index (χ4v) is 4.80. The predicted octanol–water partition coefficient (Wildman–Crippen LogP) is 4.13. The number of benzene rings is 2. The summed E-state index contributed by atoms with van der Waals surface area (Å²) >= 11 is 6.19. The van der Waals surface area contributed by atoms with Gasteiger partial charge in [-0.1, -0.05) is 43.6 Å². The molecule has 0 aliphatic carbocycles. The van der Waals surface area contributed by atoms with Gasteiger partial charge in [0.25, 0.3) is 0 Å². The van der Waals surface area contributed by atoms with Crippen LogP contribution in [-0.4, -0.2) is 41.5 Å². The fourth-order valence-electron chi connectivity index (χ4n) is 3.15. The van der Waals surface area contributed by atoms with Crippen molar-refractivity contribution in [2.75, 3.05) is 18.4 Å². The van der Waals surface area contributed by atoms with Crippen LogP contribution in [0.2, 0.25) is 5.02 Å². The van der Waals surface area contributed by atoms with E-state index in [0.29, 0.717) is 19.5 Å². The van der Waals surface area contributed by atoms with E-state index in [4.69, 9.17) is 11.6 Å². The Balaban J connectivity index is 1.66. The molecule has 0 radical (unpaired) electrons. The van der Waals surface area contributed by atoms with E-state index in [-0.39, 0.29) is 27.9 Å². The van der Waals surface area contributed by atoms with Crippen molar-refractivity contribution in [2.24, 2.45) is 0 Å². The first kappa shape index (κ1) is 23.0. The monoisotopic (exact) mass is 460 g/mol. The zero-order chi connectivity index (χ0) is 22.4. The Bertz CT molecular complexity index is 1140. The van der Waals surface area contributed by atoms with Gasteiger partial charge in [0.2, 0.25) is 15.9 Å². The van der Waals surface area contributed by atoms with E-state index >= 15 is 0 Å². The number of hydrogen-bond donors (Lipinski definition) is 1. The highest BCUT2D eigenvalue weighted by Crippen LogP contribution is 2.27. The van der Waals surface area contributed by atoms with Crippen LogP contribution in [0, 0.1) is 0 Å². The summed E-state index contributed by atoms with van der Waals surface area (Å²) in [5.74, 6) is -0.258. The van der Waals surface area contributed by atoms with Crippen molar-refractivity contribution in [1.29, 1.82) is 0 Å². The summed E-state index contributed by atoms with van der Waals surface area (Å²) in [6.07, 6.45) is 4.31. The number of sulfonamides is 1. The molecule has 0 atom stereocenters. The van der Waals surface area contributed by atoms with Crippen LogP contribution in [0.3, 0.4) is 0 Å². The third-order valence-corrected chi connectivity index (χ3v) is 7.23. The Morgan fingerprint density at radius 2 is 1.84 bits per heavy atom. The average Bonchev–Trinajstić information content (AvgIpc) is 3.24. The molecule has 0 spiro atoms. The van der Waals surface area contributed by atoms with Gasteiger partial charge in [-0.3, -0.25) is 4.79 Å². The van der Waals surface area contributed by atoms with Crippen LogP contribution < -0.4 is 5.32 Å². The predicted molar refractivity (Wildman–Crippen MR) is 122 cm³/mol. The van der Waals surface area contributed by atoms with E-state index in [1.807, 2.05) is 36.5 Å². The number of hydrogen-bond acceptors (Lipinski definition) is 4.